The lowest BCUT2D eigenvalue weighted by atomic mass is 10.3. The molecule has 0 spiro atoms. The number of rotatable bonds is 3. The monoisotopic (exact) mass is 216 g/mol. The first-order chi connectivity index (χ1) is 6.50. The number of hydrogen-bond donors (Lipinski definition) is 2. The average molecular weight is 216 g/mol. The van der Waals surface area contributed by atoms with Gasteiger partial charge in [-0.1, -0.05) is 0 Å². The van der Waals surface area contributed by atoms with E-state index in [9.17, 15) is 13.4 Å². The SMILES string of the molecule is NC(=O)CS(=O)c1ccc(N)c(F)c1. The van der Waals surface area contributed by atoms with Gasteiger partial charge in [0.15, 0.2) is 0 Å². The van der Waals surface area contributed by atoms with Crippen molar-refractivity contribution in [3.63, 3.8) is 0 Å². The number of nitrogens with two attached hydrogens (primary N) is 2. The van der Waals surface area contributed by atoms with Crippen molar-refractivity contribution in [2.24, 2.45) is 5.73 Å². The first-order valence-corrected chi connectivity index (χ1v) is 5.04. The molecule has 4 nitrogen and oxygen atoms in total. The lowest BCUT2D eigenvalue weighted by Crippen LogP contribution is -2.19. The third kappa shape index (κ3) is 2.53. The van der Waals surface area contributed by atoms with Gasteiger partial charge in [0, 0.05) is 4.90 Å². The molecular weight excluding hydrogens is 207 g/mol. The first-order valence-electron chi connectivity index (χ1n) is 3.72. The Labute approximate surface area is 82.5 Å². The van der Waals surface area contributed by atoms with Crippen LogP contribution in [0.25, 0.3) is 0 Å². The van der Waals surface area contributed by atoms with Crippen LogP contribution >= 0.6 is 0 Å². The Bertz CT molecular complexity index is 395. The number of nitrogen functional groups attached to an aromatic ring is 1. The summed E-state index contributed by atoms with van der Waals surface area (Å²) < 4.78 is 24.2. The highest BCUT2D eigenvalue weighted by Gasteiger charge is 2.09. The fourth-order valence-corrected chi connectivity index (χ4v) is 1.74. The van der Waals surface area contributed by atoms with Crippen molar-refractivity contribution in [3.05, 3.63) is 24.0 Å². The van der Waals surface area contributed by atoms with Crippen LogP contribution in [0.5, 0.6) is 0 Å². The maximum atomic E-state index is 12.9. The van der Waals surface area contributed by atoms with Crippen LogP contribution in [0.4, 0.5) is 10.1 Å². The predicted molar refractivity (Wildman–Crippen MR) is 51.3 cm³/mol. The Balaban J connectivity index is 2.91. The summed E-state index contributed by atoms with van der Waals surface area (Å²) >= 11 is 0. The quantitative estimate of drug-likeness (QED) is 0.697. The largest absolute Gasteiger partial charge is 0.396 e. The zero-order valence-electron chi connectivity index (χ0n) is 7.20. The predicted octanol–water partition coefficient (Wildman–Crippen LogP) is 0.000800. The minimum absolute atomic E-state index is 0.0233. The second-order valence-corrected chi connectivity index (χ2v) is 4.09. The van der Waals surface area contributed by atoms with E-state index in [-0.39, 0.29) is 16.3 Å². The molecule has 0 aliphatic heterocycles. The van der Waals surface area contributed by atoms with Gasteiger partial charge < -0.3 is 11.5 Å². The molecule has 6 heteroatoms. The van der Waals surface area contributed by atoms with Crippen LogP contribution in [0.15, 0.2) is 23.1 Å². The van der Waals surface area contributed by atoms with Gasteiger partial charge in [0.1, 0.15) is 11.6 Å². The zero-order valence-corrected chi connectivity index (χ0v) is 8.01. The minimum atomic E-state index is -1.60. The van der Waals surface area contributed by atoms with Gasteiger partial charge in [0.05, 0.1) is 16.5 Å². The molecule has 0 aromatic heterocycles. The van der Waals surface area contributed by atoms with E-state index in [2.05, 4.69) is 0 Å². The molecule has 1 amide bonds. The first kappa shape index (κ1) is 10.6. The van der Waals surface area contributed by atoms with Crippen molar-refractivity contribution >= 4 is 22.4 Å². The summed E-state index contributed by atoms with van der Waals surface area (Å²) in [4.78, 5) is 10.6. The summed E-state index contributed by atoms with van der Waals surface area (Å²) in [6.45, 7) is 0. The van der Waals surface area contributed by atoms with Gasteiger partial charge in [-0.2, -0.15) is 0 Å². The van der Waals surface area contributed by atoms with Crippen LogP contribution in [0, 0.1) is 5.82 Å². The summed E-state index contributed by atoms with van der Waals surface area (Å²) in [5.74, 6) is -1.66. The molecule has 1 aromatic carbocycles. The molecule has 1 unspecified atom stereocenters. The molecule has 14 heavy (non-hydrogen) atoms. The zero-order chi connectivity index (χ0) is 10.7. The lowest BCUT2D eigenvalue weighted by Gasteiger charge is -2.01. The van der Waals surface area contributed by atoms with Crippen molar-refractivity contribution in [3.8, 4) is 0 Å². The smallest absolute Gasteiger partial charge is 0.230 e. The number of halogens is 1. The van der Waals surface area contributed by atoms with Crippen molar-refractivity contribution in [2.75, 3.05) is 11.5 Å². The third-order valence-electron chi connectivity index (χ3n) is 1.51. The van der Waals surface area contributed by atoms with Crippen LogP contribution in [0.1, 0.15) is 0 Å². The molecule has 0 aliphatic carbocycles. The number of carbonyl (C=O) groups excluding carboxylic acids is 1. The highest BCUT2D eigenvalue weighted by Crippen LogP contribution is 2.14. The van der Waals surface area contributed by atoms with Gasteiger partial charge in [-0.05, 0) is 18.2 Å². The third-order valence-corrected chi connectivity index (χ3v) is 2.83. The number of anilines is 1. The fourth-order valence-electron chi connectivity index (χ4n) is 0.862. The van der Waals surface area contributed by atoms with Gasteiger partial charge in [-0.15, -0.1) is 0 Å². The second kappa shape index (κ2) is 4.19. The van der Waals surface area contributed by atoms with Gasteiger partial charge in [0.2, 0.25) is 5.91 Å². The molecule has 76 valence electrons. The summed E-state index contributed by atoms with van der Waals surface area (Å²) in [5, 5.41) is 0. The highest BCUT2D eigenvalue weighted by molar-refractivity contribution is 7.85. The number of carbonyl (C=O) groups is 1. The molecule has 0 saturated carbocycles. The van der Waals surface area contributed by atoms with Crippen LogP contribution in [0.3, 0.4) is 0 Å². The van der Waals surface area contributed by atoms with Crippen LogP contribution < -0.4 is 11.5 Å². The average Bonchev–Trinajstić information content (AvgIpc) is 2.08. The Kier molecular flexibility index (Phi) is 3.19. The fraction of sp³-hybridized carbons (Fsp3) is 0.125. The van der Waals surface area contributed by atoms with Crippen molar-refractivity contribution in [1.82, 2.24) is 0 Å². The topological polar surface area (TPSA) is 86.2 Å². The number of hydrogen-bond acceptors (Lipinski definition) is 3. The summed E-state index contributed by atoms with van der Waals surface area (Å²) in [5.41, 5.74) is 10.0. The Morgan fingerprint density at radius 2 is 2.14 bits per heavy atom. The van der Waals surface area contributed by atoms with E-state index in [1.54, 1.807) is 0 Å². The Morgan fingerprint density at radius 1 is 1.50 bits per heavy atom. The molecule has 1 aromatic rings. The molecule has 0 aliphatic rings. The van der Waals surface area contributed by atoms with Crippen LogP contribution in [-0.4, -0.2) is 15.9 Å². The van der Waals surface area contributed by atoms with Gasteiger partial charge in [-0.3, -0.25) is 9.00 Å². The summed E-state index contributed by atoms with van der Waals surface area (Å²) in [7, 11) is -1.60. The summed E-state index contributed by atoms with van der Waals surface area (Å²) in [6, 6.07) is 3.73. The minimum Gasteiger partial charge on any atom is -0.396 e. The van der Waals surface area contributed by atoms with E-state index in [4.69, 9.17) is 11.5 Å². The van der Waals surface area contributed by atoms with Gasteiger partial charge in [-0.25, -0.2) is 4.39 Å². The molecule has 1 atom stereocenters. The number of primary amides is 1. The second-order valence-electron chi connectivity index (χ2n) is 2.64. The van der Waals surface area contributed by atoms with Crippen LogP contribution in [-0.2, 0) is 15.6 Å². The van der Waals surface area contributed by atoms with Crippen molar-refractivity contribution in [2.45, 2.75) is 4.90 Å². The van der Waals surface area contributed by atoms with E-state index in [0.717, 1.165) is 6.07 Å². The molecule has 0 saturated heterocycles. The van der Waals surface area contributed by atoms with E-state index >= 15 is 0 Å². The number of benzene rings is 1. The highest BCUT2D eigenvalue weighted by atomic mass is 32.2. The normalized spacial score (nSPS) is 12.4. The molecule has 0 radical (unpaired) electrons. The van der Waals surface area contributed by atoms with Gasteiger partial charge in [0.25, 0.3) is 0 Å². The van der Waals surface area contributed by atoms with E-state index in [0.29, 0.717) is 0 Å². The standard InChI is InChI=1S/C8H9FN2O2S/c9-6-3-5(1-2-7(6)10)14(13)4-8(11)12/h1-3H,4,10H2,(H2,11,12). The van der Waals surface area contributed by atoms with E-state index in [1.165, 1.54) is 12.1 Å². The van der Waals surface area contributed by atoms with Crippen LogP contribution in [0.2, 0.25) is 0 Å². The maximum absolute atomic E-state index is 12.9. The summed E-state index contributed by atoms with van der Waals surface area (Å²) in [6.07, 6.45) is 0. The van der Waals surface area contributed by atoms with Gasteiger partial charge >= 0.3 is 0 Å². The Hall–Kier alpha value is -1.43. The molecule has 1 rings (SSSR count). The molecular formula is C8H9FN2O2S. The van der Waals surface area contributed by atoms with E-state index in [1.807, 2.05) is 0 Å². The van der Waals surface area contributed by atoms with Crippen molar-refractivity contribution in [1.29, 1.82) is 0 Å². The Morgan fingerprint density at radius 3 is 2.64 bits per heavy atom. The van der Waals surface area contributed by atoms with Crippen molar-refractivity contribution < 1.29 is 13.4 Å². The molecule has 0 bridgehead atoms. The maximum Gasteiger partial charge on any atom is 0.230 e. The lowest BCUT2D eigenvalue weighted by molar-refractivity contribution is -0.115. The molecule has 0 heterocycles. The number of amides is 1. The van der Waals surface area contributed by atoms with E-state index < -0.39 is 22.5 Å². The molecule has 4 N–H and O–H groups in total. The molecule has 0 fully saturated rings.